The van der Waals surface area contributed by atoms with Crippen LogP contribution in [0.25, 0.3) is 11.0 Å². The van der Waals surface area contributed by atoms with Crippen molar-refractivity contribution in [3.8, 4) is 0 Å². The standard InChI is InChI=1S/C13H14N4O3S/c18-21(19,14-10-11-4-3-8-20-11)9-7-17-13-6-2-1-5-12(13)15-16-17/h1-6,8,14H,7,9-10H2. The summed E-state index contributed by atoms with van der Waals surface area (Å²) < 4.78 is 33.0. The van der Waals surface area contributed by atoms with Crippen LogP contribution in [0.4, 0.5) is 0 Å². The van der Waals surface area contributed by atoms with Crippen LogP contribution in [0.3, 0.4) is 0 Å². The molecule has 0 unspecified atom stereocenters. The Labute approximate surface area is 121 Å². The van der Waals surface area contributed by atoms with Crippen molar-refractivity contribution in [3.05, 3.63) is 48.4 Å². The number of rotatable bonds is 6. The molecule has 2 aromatic heterocycles. The summed E-state index contributed by atoms with van der Waals surface area (Å²) in [7, 11) is -3.40. The maximum Gasteiger partial charge on any atom is 0.213 e. The molecular weight excluding hydrogens is 292 g/mol. The van der Waals surface area contributed by atoms with Gasteiger partial charge in [0.1, 0.15) is 11.3 Å². The van der Waals surface area contributed by atoms with Crippen LogP contribution in [0, 0.1) is 0 Å². The first-order chi connectivity index (χ1) is 10.1. The van der Waals surface area contributed by atoms with Gasteiger partial charge in [0.05, 0.1) is 30.6 Å². The smallest absolute Gasteiger partial charge is 0.213 e. The van der Waals surface area contributed by atoms with Crippen LogP contribution >= 0.6 is 0 Å². The molecule has 0 atom stereocenters. The largest absolute Gasteiger partial charge is 0.468 e. The summed E-state index contributed by atoms with van der Waals surface area (Å²) >= 11 is 0. The molecule has 0 saturated carbocycles. The summed E-state index contributed by atoms with van der Waals surface area (Å²) in [5.41, 5.74) is 1.57. The van der Waals surface area contributed by atoms with Crippen molar-refractivity contribution in [1.82, 2.24) is 19.7 Å². The number of hydrogen-bond donors (Lipinski definition) is 1. The third kappa shape index (κ3) is 3.29. The fraction of sp³-hybridized carbons (Fsp3) is 0.231. The molecule has 0 aliphatic rings. The molecule has 0 aliphatic heterocycles. The minimum Gasteiger partial charge on any atom is -0.468 e. The van der Waals surface area contributed by atoms with Crippen molar-refractivity contribution in [2.24, 2.45) is 0 Å². The molecule has 0 bridgehead atoms. The second-order valence-corrected chi connectivity index (χ2v) is 6.45. The van der Waals surface area contributed by atoms with Crippen LogP contribution < -0.4 is 4.72 Å². The number of fused-ring (bicyclic) bond motifs is 1. The number of sulfonamides is 1. The van der Waals surface area contributed by atoms with Crippen LogP contribution in [0.1, 0.15) is 5.76 Å². The Kier molecular flexibility index (Phi) is 3.72. The van der Waals surface area contributed by atoms with Crippen molar-refractivity contribution in [2.45, 2.75) is 13.1 Å². The number of aromatic nitrogens is 3. The van der Waals surface area contributed by atoms with Gasteiger partial charge in [0.25, 0.3) is 0 Å². The molecule has 0 fully saturated rings. The summed E-state index contributed by atoms with van der Waals surface area (Å²) in [4.78, 5) is 0. The van der Waals surface area contributed by atoms with Gasteiger partial charge in [0.15, 0.2) is 0 Å². The first-order valence-electron chi connectivity index (χ1n) is 6.42. The normalized spacial score (nSPS) is 12.0. The van der Waals surface area contributed by atoms with E-state index in [1.54, 1.807) is 16.8 Å². The number of nitrogens with zero attached hydrogens (tertiary/aromatic N) is 3. The predicted octanol–water partition coefficient (Wildman–Crippen LogP) is 1.14. The lowest BCUT2D eigenvalue weighted by atomic mass is 10.3. The average Bonchev–Trinajstić information content (AvgIpc) is 3.13. The van der Waals surface area contributed by atoms with Gasteiger partial charge in [-0.25, -0.2) is 17.8 Å². The van der Waals surface area contributed by atoms with E-state index in [-0.39, 0.29) is 18.8 Å². The second kappa shape index (κ2) is 5.66. The molecule has 1 N–H and O–H groups in total. The number of benzene rings is 1. The molecule has 0 saturated heterocycles. The molecule has 7 nitrogen and oxygen atoms in total. The molecule has 2 heterocycles. The van der Waals surface area contributed by atoms with E-state index in [9.17, 15) is 8.42 Å². The molecule has 110 valence electrons. The Hall–Kier alpha value is -2.19. The Balaban J connectivity index is 1.63. The predicted molar refractivity (Wildman–Crippen MR) is 76.9 cm³/mol. The van der Waals surface area contributed by atoms with Crippen molar-refractivity contribution >= 4 is 21.1 Å². The Bertz CT molecular complexity index is 824. The fourth-order valence-corrected chi connectivity index (χ4v) is 2.88. The Morgan fingerprint density at radius 3 is 2.86 bits per heavy atom. The first-order valence-corrected chi connectivity index (χ1v) is 8.07. The monoisotopic (exact) mass is 306 g/mol. The van der Waals surface area contributed by atoms with Gasteiger partial charge < -0.3 is 4.42 Å². The van der Waals surface area contributed by atoms with Gasteiger partial charge in [-0.1, -0.05) is 17.3 Å². The highest BCUT2D eigenvalue weighted by atomic mass is 32.2. The summed E-state index contributed by atoms with van der Waals surface area (Å²) in [6.07, 6.45) is 1.51. The Morgan fingerprint density at radius 2 is 2.05 bits per heavy atom. The van der Waals surface area contributed by atoms with Gasteiger partial charge in [-0.2, -0.15) is 0 Å². The third-order valence-electron chi connectivity index (χ3n) is 3.04. The number of furan rings is 1. The van der Waals surface area contributed by atoms with Crippen LogP contribution in [0.15, 0.2) is 47.1 Å². The van der Waals surface area contributed by atoms with Crippen LogP contribution in [0.2, 0.25) is 0 Å². The Morgan fingerprint density at radius 1 is 1.19 bits per heavy atom. The molecule has 8 heteroatoms. The lowest BCUT2D eigenvalue weighted by Crippen LogP contribution is -2.28. The summed E-state index contributed by atoms with van der Waals surface area (Å²) in [6.45, 7) is 0.390. The fourth-order valence-electron chi connectivity index (χ4n) is 1.96. The molecule has 3 aromatic rings. The number of hydrogen-bond acceptors (Lipinski definition) is 5. The summed E-state index contributed by atoms with van der Waals surface area (Å²) in [5, 5.41) is 7.95. The number of aryl methyl sites for hydroxylation is 1. The molecule has 0 spiro atoms. The number of nitrogens with one attached hydrogen (secondary N) is 1. The molecule has 0 amide bonds. The molecular formula is C13H14N4O3S. The van der Waals surface area contributed by atoms with Crippen molar-refractivity contribution in [2.75, 3.05) is 5.75 Å². The van der Waals surface area contributed by atoms with Gasteiger partial charge in [-0.3, -0.25) is 0 Å². The van der Waals surface area contributed by atoms with E-state index < -0.39 is 10.0 Å². The quantitative estimate of drug-likeness (QED) is 0.737. The van der Waals surface area contributed by atoms with Crippen molar-refractivity contribution < 1.29 is 12.8 Å². The van der Waals surface area contributed by atoms with Crippen LogP contribution in [-0.4, -0.2) is 29.2 Å². The lowest BCUT2D eigenvalue weighted by molar-refractivity contribution is 0.497. The van der Waals surface area contributed by atoms with Gasteiger partial charge in [-0.05, 0) is 24.3 Å². The van der Waals surface area contributed by atoms with E-state index in [0.29, 0.717) is 5.76 Å². The van der Waals surface area contributed by atoms with E-state index in [1.165, 1.54) is 6.26 Å². The van der Waals surface area contributed by atoms with Gasteiger partial charge in [-0.15, -0.1) is 5.10 Å². The van der Waals surface area contributed by atoms with Crippen LogP contribution in [-0.2, 0) is 23.1 Å². The molecule has 0 aliphatic carbocycles. The molecule has 3 rings (SSSR count). The highest BCUT2D eigenvalue weighted by Crippen LogP contribution is 2.09. The zero-order valence-electron chi connectivity index (χ0n) is 11.1. The molecule has 0 radical (unpaired) electrons. The number of para-hydroxylation sites is 1. The first kappa shape index (κ1) is 13.8. The summed E-state index contributed by atoms with van der Waals surface area (Å²) in [5.74, 6) is 0.505. The van der Waals surface area contributed by atoms with Crippen molar-refractivity contribution in [3.63, 3.8) is 0 Å². The summed E-state index contributed by atoms with van der Waals surface area (Å²) in [6, 6.07) is 10.9. The zero-order chi connectivity index (χ0) is 14.7. The maximum atomic E-state index is 11.9. The average molecular weight is 306 g/mol. The highest BCUT2D eigenvalue weighted by Gasteiger charge is 2.12. The second-order valence-electron chi connectivity index (χ2n) is 4.52. The highest BCUT2D eigenvalue weighted by molar-refractivity contribution is 7.89. The molecule has 21 heavy (non-hydrogen) atoms. The van der Waals surface area contributed by atoms with E-state index in [4.69, 9.17) is 4.42 Å². The van der Waals surface area contributed by atoms with Crippen molar-refractivity contribution in [1.29, 1.82) is 0 Å². The van der Waals surface area contributed by atoms with Gasteiger partial charge in [0.2, 0.25) is 10.0 Å². The van der Waals surface area contributed by atoms with Gasteiger partial charge >= 0.3 is 0 Å². The van der Waals surface area contributed by atoms with E-state index in [1.807, 2.05) is 24.3 Å². The molecule has 1 aromatic carbocycles. The lowest BCUT2D eigenvalue weighted by Gasteiger charge is -2.05. The minimum absolute atomic E-state index is 0.0684. The van der Waals surface area contributed by atoms with E-state index in [0.717, 1.165) is 11.0 Å². The third-order valence-corrected chi connectivity index (χ3v) is 4.34. The maximum absolute atomic E-state index is 11.9. The van der Waals surface area contributed by atoms with E-state index in [2.05, 4.69) is 15.0 Å². The minimum atomic E-state index is -3.40. The van der Waals surface area contributed by atoms with E-state index >= 15 is 0 Å². The zero-order valence-corrected chi connectivity index (χ0v) is 12.0. The topological polar surface area (TPSA) is 90.0 Å². The van der Waals surface area contributed by atoms with Gasteiger partial charge in [0, 0.05) is 0 Å². The SMILES string of the molecule is O=S(=O)(CCn1nnc2ccccc21)NCc1ccco1. The van der Waals surface area contributed by atoms with Crippen LogP contribution in [0.5, 0.6) is 0 Å².